The van der Waals surface area contributed by atoms with Gasteiger partial charge in [-0.2, -0.15) is 0 Å². The Labute approximate surface area is 118 Å². The number of fused-ring (bicyclic) bond motifs is 1. The van der Waals surface area contributed by atoms with Crippen LogP contribution in [0.25, 0.3) is 0 Å². The van der Waals surface area contributed by atoms with Crippen molar-refractivity contribution in [2.75, 3.05) is 5.32 Å². The molecule has 2 nitrogen and oxygen atoms in total. The number of hydrogen-bond donors (Lipinski definition) is 2. The van der Waals surface area contributed by atoms with E-state index in [0.717, 1.165) is 30.4 Å². The Hall–Kier alpha value is -2.03. The summed E-state index contributed by atoms with van der Waals surface area (Å²) in [5.74, 6) is 0.0408. The second kappa shape index (κ2) is 5.16. The minimum atomic E-state index is -0.225. The van der Waals surface area contributed by atoms with Crippen molar-refractivity contribution in [3.05, 3.63) is 58.9 Å². The van der Waals surface area contributed by atoms with Crippen LogP contribution in [0.15, 0.2) is 36.4 Å². The van der Waals surface area contributed by atoms with E-state index in [4.69, 9.17) is 0 Å². The Morgan fingerprint density at radius 2 is 2.05 bits per heavy atom. The monoisotopic (exact) mass is 271 g/mol. The van der Waals surface area contributed by atoms with Gasteiger partial charge in [-0.1, -0.05) is 12.1 Å². The zero-order valence-electron chi connectivity index (χ0n) is 11.5. The van der Waals surface area contributed by atoms with Crippen molar-refractivity contribution in [1.29, 1.82) is 0 Å². The number of hydrogen-bond acceptors (Lipinski definition) is 2. The van der Waals surface area contributed by atoms with Crippen molar-refractivity contribution in [2.45, 2.75) is 32.2 Å². The number of phenolic OH excluding ortho intramolecular Hbond substituents is 1. The van der Waals surface area contributed by atoms with E-state index in [1.165, 1.54) is 11.6 Å². The number of aryl methyl sites for hydroxylation is 2. The summed E-state index contributed by atoms with van der Waals surface area (Å²) < 4.78 is 13.9. The predicted molar refractivity (Wildman–Crippen MR) is 78.5 cm³/mol. The number of benzene rings is 2. The van der Waals surface area contributed by atoms with Gasteiger partial charge in [-0.15, -0.1) is 0 Å². The average Bonchev–Trinajstić information content (AvgIpc) is 2.42. The van der Waals surface area contributed by atoms with Crippen molar-refractivity contribution >= 4 is 5.69 Å². The van der Waals surface area contributed by atoms with Crippen LogP contribution in [0.1, 0.15) is 35.6 Å². The number of aromatic hydroxyl groups is 1. The fourth-order valence-electron chi connectivity index (χ4n) is 2.86. The third kappa shape index (κ3) is 2.48. The van der Waals surface area contributed by atoms with Gasteiger partial charge in [0, 0.05) is 0 Å². The van der Waals surface area contributed by atoms with E-state index in [-0.39, 0.29) is 17.6 Å². The molecule has 1 atom stereocenters. The lowest BCUT2D eigenvalue weighted by Crippen LogP contribution is -2.17. The minimum Gasteiger partial charge on any atom is -0.508 e. The van der Waals surface area contributed by atoms with Crippen molar-refractivity contribution in [3.8, 4) is 5.75 Å². The maximum absolute atomic E-state index is 13.9. The predicted octanol–water partition coefficient (Wildman–Crippen LogP) is 4.33. The lowest BCUT2D eigenvalue weighted by Gasteiger charge is -2.27. The molecule has 0 spiro atoms. The maximum Gasteiger partial charge on any atom is 0.146 e. The van der Waals surface area contributed by atoms with Crippen LogP contribution >= 0.6 is 0 Å². The molecule has 0 saturated carbocycles. The van der Waals surface area contributed by atoms with Gasteiger partial charge in [0.2, 0.25) is 0 Å². The van der Waals surface area contributed by atoms with E-state index >= 15 is 0 Å². The van der Waals surface area contributed by atoms with Gasteiger partial charge in [0.15, 0.2) is 0 Å². The Morgan fingerprint density at radius 1 is 1.20 bits per heavy atom. The topological polar surface area (TPSA) is 32.3 Å². The molecule has 2 N–H and O–H groups in total. The highest BCUT2D eigenvalue weighted by Gasteiger charge is 2.21. The maximum atomic E-state index is 13.9. The van der Waals surface area contributed by atoms with Crippen LogP contribution in [0.5, 0.6) is 5.75 Å². The average molecular weight is 271 g/mol. The molecule has 1 aliphatic rings. The molecule has 0 aromatic heterocycles. The summed E-state index contributed by atoms with van der Waals surface area (Å²) in [6.45, 7) is 1.88. The number of rotatable bonds is 2. The number of anilines is 1. The van der Waals surface area contributed by atoms with E-state index in [1.54, 1.807) is 18.2 Å². The molecule has 0 fully saturated rings. The molecule has 104 valence electrons. The molecule has 0 bridgehead atoms. The molecule has 2 aromatic carbocycles. The standard InChI is InChI=1S/C17H18FNO/c1-11-5-8-17(15(18)9-11)19-16-4-2-3-12-6-7-13(20)10-14(12)16/h5-10,16,19-20H,2-4H2,1H3. The molecular weight excluding hydrogens is 253 g/mol. The van der Waals surface area contributed by atoms with E-state index < -0.39 is 0 Å². The largest absolute Gasteiger partial charge is 0.508 e. The third-order valence-corrected chi connectivity index (χ3v) is 3.90. The molecule has 0 aliphatic heterocycles. The Morgan fingerprint density at radius 3 is 2.85 bits per heavy atom. The summed E-state index contributed by atoms with van der Waals surface area (Å²) in [6, 6.07) is 10.7. The zero-order chi connectivity index (χ0) is 14.1. The van der Waals surface area contributed by atoms with E-state index in [9.17, 15) is 9.50 Å². The summed E-state index contributed by atoms with van der Waals surface area (Å²) in [6.07, 6.45) is 3.04. The Kier molecular flexibility index (Phi) is 3.35. The fraction of sp³-hybridized carbons (Fsp3) is 0.294. The molecule has 0 radical (unpaired) electrons. The molecule has 1 unspecified atom stereocenters. The van der Waals surface area contributed by atoms with Crippen LogP contribution in [-0.4, -0.2) is 5.11 Å². The van der Waals surface area contributed by atoms with Crippen LogP contribution in [0, 0.1) is 12.7 Å². The summed E-state index contributed by atoms with van der Waals surface area (Å²) in [5, 5.41) is 12.9. The van der Waals surface area contributed by atoms with Gasteiger partial charge >= 0.3 is 0 Å². The molecule has 2 aromatic rings. The van der Waals surface area contributed by atoms with Gasteiger partial charge in [-0.25, -0.2) is 4.39 Å². The van der Waals surface area contributed by atoms with Gasteiger partial charge in [0.25, 0.3) is 0 Å². The van der Waals surface area contributed by atoms with Crippen LogP contribution in [0.4, 0.5) is 10.1 Å². The lowest BCUT2D eigenvalue weighted by molar-refractivity contribution is 0.471. The molecule has 20 heavy (non-hydrogen) atoms. The van der Waals surface area contributed by atoms with E-state index in [1.807, 2.05) is 19.1 Å². The molecule has 0 amide bonds. The van der Waals surface area contributed by atoms with Crippen molar-refractivity contribution in [3.63, 3.8) is 0 Å². The Bertz CT molecular complexity index is 639. The molecule has 0 heterocycles. The number of halogens is 1. The first kappa shape index (κ1) is 13.0. The lowest BCUT2D eigenvalue weighted by atomic mass is 9.87. The summed E-state index contributed by atoms with van der Waals surface area (Å²) in [7, 11) is 0. The third-order valence-electron chi connectivity index (χ3n) is 3.90. The van der Waals surface area contributed by atoms with Crippen molar-refractivity contribution in [1.82, 2.24) is 0 Å². The first-order valence-electron chi connectivity index (χ1n) is 6.98. The second-order valence-electron chi connectivity index (χ2n) is 5.46. The van der Waals surface area contributed by atoms with Gasteiger partial charge < -0.3 is 10.4 Å². The van der Waals surface area contributed by atoms with Crippen LogP contribution in [0.3, 0.4) is 0 Å². The highest BCUT2D eigenvalue weighted by Crippen LogP contribution is 2.35. The Balaban J connectivity index is 1.91. The first-order valence-corrected chi connectivity index (χ1v) is 6.98. The SMILES string of the molecule is Cc1ccc(NC2CCCc3ccc(O)cc32)c(F)c1. The van der Waals surface area contributed by atoms with Gasteiger partial charge in [-0.3, -0.25) is 0 Å². The van der Waals surface area contributed by atoms with E-state index in [0.29, 0.717) is 5.69 Å². The smallest absolute Gasteiger partial charge is 0.146 e. The van der Waals surface area contributed by atoms with Crippen LogP contribution in [0.2, 0.25) is 0 Å². The first-order chi connectivity index (χ1) is 9.63. The van der Waals surface area contributed by atoms with Crippen LogP contribution < -0.4 is 5.32 Å². The fourth-order valence-corrected chi connectivity index (χ4v) is 2.86. The van der Waals surface area contributed by atoms with Gasteiger partial charge in [0.05, 0.1) is 11.7 Å². The second-order valence-corrected chi connectivity index (χ2v) is 5.46. The normalized spacial score (nSPS) is 17.6. The minimum absolute atomic E-state index is 0.0584. The van der Waals surface area contributed by atoms with Gasteiger partial charge in [0.1, 0.15) is 11.6 Å². The van der Waals surface area contributed by atoms with E-state index in [2.05, 4.69) is 5.32 Å². The number of nitrogens with one attached hydrogen (secondary N) is 1. The molecule has 3 heteroatoms. The van der Waals surface area contributed by atoms with Crippen LogP contribution in [-0.2, 0) is 6.42 Å². The van der Waals surface area contributed by atoms with Crippen molar-refractivity contribution in [2.24, 2.45) is 0 Å². The molecule has 0 saturated heterocycles. The van der Waals surface area contributed by atoms with Crippen molar-refractivity contribution < 1.29 is 9.50 Å². The highest BCUT2D eigenvalue weighted by atomic mass is 19.1. The highest BCUT2D eigenvalue weighted by molar-refractivity contribution is 5.50. The summed E-state index contributed by atoms with van der Waals surface area (Å²) in [4.78, 5) is 0. The molecule has 3 rings (SSSR count). The summed E-state index contributed by atoms with van der Waals surface area (Å²) in [5.41, 5.74) is 3.75. The molecule has 1 aliphatic carbocycles. The molecular formula is C17H18FNO. The quantitative estimate of drug-likeness (QED) is 0.852. The zero-order valence-corrected chi connectivity index (χ0v) is 11.5. The summed E-state index contributed by atoms with van der Waals surface area (Å²) >= 11 is 0. The number of phenols is 1. The van der Waals surface area contributed by atoms with Gasteiger partial charge in [-0.05, 0) is 67.1 Å².